The van der Waals surface area contributed by atoms with Crippen LogP contribution in [0.15, 0.2) is 30.3 Å². The van der Waals surface area contributed by atoms with E-state index in [9.17, 15) is 9.50 Å². The van der Waals surface area contributed by atoms with Gasteiger partial charge in [-0.1, -0.05) is 40.9 Å². The van der Waals surface area contributed by atoms with E-state index in [4.69, 9.17) is 39.5 Å². The maximum atomic E-state index is 13.7. The Morgan fingerprint density at radius 1 is 1.05 bits per heavy atom. The van der Waals surface area contributed by atoms with Gasteiger partial charge in [0.25, 0.3) is 0 Å². The number of hydrogen-bond donors (Lipinski definition) is 1. The van der Waals surface area contributed by atoms with Crippen LogP contribution in [0.5, 0.6) is 5.75 Å². The van der Waals surface area contributed by atoms with Crippen molar-refractivity contribution in [3.8, 4) is 5.75 Å². The smallest absolute Gasteiger partial charge is 0.142 e. The highest BCUT2D eigenvalue weighted by Crippen LogP contribution is 2.38. The molecule has 0 saturated heterocycles. The summed E-state index contributed by atoms with van der Waals surface area (Å²) < 4.78 is 18.8. The molecule has 1 atom stereocenters. The van der Waals surface area contributed by atoms with E-state index in [0.717, 1.165) is 6.07 Å². The van der Waals surface area contributed by atoms with Gasteiger partial charge in [0.05, 0.1) is 17.2 Å². The van der Waals surface area contributed by atoms with Crippen molar-refractivity contribution >= 4 is 34.8 Å². The summed E-state index contributed by atoms with van der Waals surface area (Å²) in [7, 11) is 1.47. The van der Waals surface area contributed by atoms with Crippen LogP contribution in [0.2, 0.25) is 15.1 Å². The van der Waals surface area contributed by atoms with Crippen LogP contribution in [0.1, 0.15) is 18.1 Å². The van der Waals surface area contributed by atoms with Crippen molar-refractivity contribution in [3.63, 3.8) is 0 Å². The average molecular weight is 350 g/mol. The summed E-state index contributed by atoms with van der Waals surface area (Å²) in [6, 6.07) is 7.16. The van der Waals surface area contributed by atoms with Crippen LogP contribution < -0.4 is 4.74 Å². The lowest BCUT2D eigenvalue weighted by Gasteiger charge is -2.26. The van der Waals surface area contributed by atoms with E-state index in [1.165, 1.54) is 20.1 Å². The Balaban J connectivity index is 2.59. The predicted octanol–water partition coefficient (Wildman–Crippen LogP) is 5.05. The normalized spacial score (nSPS) is 13.9. The van der Waals surface area contributed by atoms with Crippen LogP contribution in [-0.2, 0) is 5.60 Å². The molecule has 0 aliphatic carbocycles. The third-order valence-electron chi connectivity index (χ3n) is 3.25. The van der Waals surface area contributed by atoms with E-state index in [1.54, 1.807) is 18.2 Å². The number of ether oxygens (including phenoxy) is 1. The van der Waals surface area contributed by atoms with Crippen molar-refractivity contribution in [3.05, 3.63) is 62.3 Å². The second-order valence-electron chi connectivity index (χ2n) is 4.67. The van der Waals surface area contributed by atoms with E-state index in [-0.39, 0.29) is 15.6 Å². The summed E-state index contributed by atoms with van der Waals surface area (Å²) in [5.41, 5.74) is -0.858. The third-order valence-corrected chi connectivity index (χ3v) is 4.16. The van der Waals surface area contributed by atoms with Gasteiger partial charge < -0.3 is 9.84 Å². The van der Waals surface area contributed by atoms with Crippen LogP contribution in [0.25, 0.3) is 0 Å². The second-order valence-corrected chi connectivity index (χ2v) is 5.89. The highest BCUT2D eigenvalue weighted by Gasteiger charge is 2.30. The molecule has 21 heavy (non-hydrogen) atoms. The lowest BCUT2D eigenvalue weighted by Crippen LogP contribution is -2.23. The Morgan fingerprint density at radius 3 is 2.33 bits per heavy atom. The van der Waals surface area contributed by atoms with Crippen molar-refractivity contribution < 1.29 is 14.2 Å². The van der Waals surface area contributed by atoms with E-state index >= 15 is 0 Å². The molecule has 6 heteroatoms. The molecule has 2 rings (SSSR count). The summed E-state index contributed by atoms with van der Waals surface area (Å²) in [5.74, 6) is -0.253. The topological polar surface area (TPSA) is 29.5 Å². The van der Waals surface area contributed by atoms with Gasteiger partial charge in [0, 0.05) is 10.6 Å². The fourth-order valence-electron chi connectivity index (χ4n) is 2.01. The molecule has 0 spiro atoms. The molecular formula is C15H12Cl3FO2. The summed E-state index contributed by atoms with van der Waals surface area (Å²) in [6.45, 7) is 1.50. The minimum Gasteiger partial charge on any atom is -0.495 e. The van der Waals surface area contributed by atoms with Crippen LogP contribution in [0, 0.1) is 5.82 Å². The number of rotatable bonds is 3. The van der Waals surface area contributed by atoms with Gasteiger partial charge in [-0.2, -0.15) is 0 Å². The number of benzene rings is 2. The van der Waals surface area contributed by atoms with Crippen molar-refractivity contribution in [2.75, 3.05) is 7.11 Å². The maximum Gasteiger partial charge on any atom is 0.142 e. The molecule has 0 radical (unpaired) electrons. The minimum atomic E-state index is -1.53. The molecule has 0 aliphatic heterocycles. The van der Waals surface area contributed by atoms with Gasteiger partial charge in [-0.3, -0.25) is 0 Å². The molecule has 0 aliphatic rings. The quantitative estimate of drug-likeness (QED) is 0.786. The molecule has 0 aromatic heterocycles. The predicted molar refractivity (Wildman–Crippen MR) is 83.1 cm³/mol. The van der Waals surface area contributed by atoms with Crippen LogP contribution in [0.4, 0.5) is 4.39 Å². The van der Waals surface area contributed by atoms with Gasteiger partial charge in [-0.25, -0.2) is 4.39 Å². The number of aliphatic hydroxyl groups is 1. The highest BCUT2D eigenvalue weighted by atomic mass is 35.5. The third kappa shape index (κ3) is 3.11. The fraction of sp³-hybridized carbons (Fsp3) is 0.200. The Bertz CT molecular complexity index is 687. The van der Waals surface area contributed by atoms with Gasteiger partial charge in [0.15, 0.2) is 0 Å². The van der Waals surface area contributed by atoms with Crippen molar-refractivity contribution in [1.29, 1.82) is 0 Å². The molecule has 2 aromatic carbocycles. The maximum absolute atomic E-state index is 13.7. The molecule has 0 saturated carbocycles. The molecule has 0 amide bonds. The Kier molecular flexibility index (Phi) is 4.69. The van der Waals surface area contributed by atoms with Gasteiger partial charge in [-0.15, -0.1) is 0 Å². The lowest BCUT2D eigenvalue weighted by molar-refractivity contribution is 0.102. The summed E-state index contributed by atoms with van der Waals surface area (Å²) in [6.07, 6.45) is 0. The molecule has 1 N–H and O–H groups in total. The molecule has 2 nitrogen and oxygen atoms in total. The molecule has 112 valence electrons. The first-order valence-corrected chi connectivity index (χ1v) is 7.12. The van der Waals surface area contributed by atoms with Crippen molar-refractivity contribution in [1.82, 2.24) is 0 Å². The summed E-state index contributed by atoms with van der Waals surface area (Å²) in [5, 5.41) is 11.2. The van der Waals surface area contributed by atoms with Crippen LogP contribution >= 0.6 is 34.8 Å². The summed E-state index contributed by atoms with van der Waals surface area (Å²) in [4.78, 5) is 0. The van der Waals surface area contributed by atoms with Crippen LogP contribution in [-0.4, -0.2) is 12.2 Å². The van der Waals surface area contributed by atoms with Gasteiger partial charge >= 0.3 is 0 Å². The van der Waals surface area contributed by atoms with E-state index < -0.39 is 11.4 Å². The van der Waals surface area contributed by atoms with Crippen molar-refractivity contribution in [2.24, 2.45) is 0 Å². The highest BCUT2D eigenvalue weighted by molar-refractivity contribution is 6.35. The molecule has 0 bridgehead atoms. The number of methoxy groups -OCH3 is 1. The average Bonchev–Trinajstić information content (AvgIpc) is 2.43. The molecular weight excluding hydrogens is 338 g/mol. The Hall–Kier alpha value is -1.000. The zero-order chi connectivity index (χ0) is 15.8. The monoisotopic (exact) mass is 348 g/mol. The first kappa shape index (κ1) is 16.4. The van der Waals surface area contributed by atoms with Gasteiger partial charge in [0.1, 0.15) is 17.2 Å². The molecule has 0 fully saturated rings. The zero-order valence-corrected chi connectivity index (χ0v) is 13.5. The van der Waals surface area contributed by atoms with Crippen molar-refractivity contribution in [2.45, 2.75) is 12.5 Å². The van der Waals surface area contributed by atoms with Crippen LogP contribution in [0.3, 0.4) is 0 Å². The second kappa shape index (κ2) is 6.01. The molecule has 0 heterocycles. The molecule has 2 aromatic rings. The first-order valence-electron chi connectivity index (χ1n) is 5.98. The molecule has 1 unspecified atom stereocenters. The summed E-state index contributed by atoms with van der Waals surface area (Å²) >= 11 is 17.7. The van der Waals surface area contributed by atoms with E-state index in [0.29, 0.717) is 16.3 Å². The zero-order valence-electron chi connectivity index (χ0n) is 11.3. The number of hydrogen-bond acceptors (Lipinski definition) is 2. The Labute approximate surface area is 137 Å². The minimum absolute atomic E-state index is 0.103. The standard InChI is InChI=1S/C15H12Cl3FO2/c1-15(20,8-3-4-10(16)14(5-8)21-2)9-6-13(19)12(18)7-11(9)17/h3-7,20H,1-2H3. The van der Waals surface area contributed by atoms with Gasteiger partial charge in [0.2, 0.25) is 0 Å². The Morgan fingerprint density at radius 2 is 1.71 bits per heavy atom. The number of halogens is 4. The largest absolute Gasteiger partial charge is 0.495 e. The fourth-order valence-corrected chi connectivity index (χ4v) is 2.78. The van der Waals surface area contributed by atoms with Gasteiger partial charge in [-0.05, 0) is 36.8 Å². The SMILES string of the molecule is COc1cc(C(C)(O)c2cc(F)c(Cl)cc2Cl)ccc1Cl. The van der Waals surface area contributed by atoms with E-state index in [2.05, 4.69) is 0 Å². The first-order chi connectivity index (χ1) is 9.77. The lowest BCUT2D eigenvalue weighted by atomic mass is 9.88. The van der Waals surface area contributed by atoms with E-state index in [1.807, 2.05) is 0 Å².